The van der Waals surface area contributed by atoms with Crippen LogP contribution in [0.5, 0.6) is 0 Å². The van der Waals surface area contributed by atoms with Gasteiger partial charge in [-0.3, -0.25) is 4.79 Å². The van der Waals surface area contributed by atoms with Crippen LogP contribution in [0.4, 0.5) is 5.69 Å². The van der Waals surface area contributed by atoms with Crippen molar-refractivity contribution in [3.63, 3.8) is 0 Å². The third-order valence-corrected chi connectivity index (χ3v) is 6.31. The van der Waals surface area contributed by atoms with Crippen LogP contribution in [0.2, 0.25) is 0 Å². The fraction of sp³-hybridized carbons (Fsp3) is 0.263. The van der Waals surface area contributed by atoms with E-state index in [-0.39, 0.29) is 10.8 Å². The van der Waals surface area contributed by atoms with Gasteiger partial charge in [-0.15, -0.1) is 0 Å². The van der Waals surface area contributed by atoms with Crippen LogP contribution in [-0.2, 0) is 14.8 Å². The number of piperidine rings is 1. The SMILES string of the molecule is N#Cc1ccc(NC(=O)C2CCCCN2S(=O)(=O)c2ccccc2)cc1. The van der Waals surface area contributed by atoms with E-state index in [0.29, 0.717) is 24.2 Å². The molecule has 0 bridgehead atoms. The van der Waals surface area contributed by atoms with E-state index in [2.05, 4.69) is 5.32 Å². The fourth-order valence-electron chi connectivity index (χ4n) is 3.04. The number of carbonyl (C=O) groups excluding carboxylic acids is 1. The number of anilines is 1. The first-order chi connectivity index (χ1) is 12.5. The maximum absolute atomic E-state index is 12.9. The van der Waals surface area contributed by atoms with E-state index in [1.54, 1.807) is 54.6 Å². The lowest BCUT2D eigenvalue weighted by Crippen LogP contribution is -2.49. The quantitative estimate of drug-likeness (QED) is 0.897. The fourth-order valence-corrected chi connectivity index (χ4v) is 4.71. The van der Waals surface area contributed by atoms with Crippen LogP contribution in [0, 0.1) is 11.3 Å². The molecule has 0 aromatic heterocycles. The second-order valence-corrected chi connectivity index (χ2v) is 8.01. The van der Waals surface area contributed by atoms with Crippen LogP contribution in [-0.4, -0.2) is 31.2 Å². The molecular formula is C19H19N3O3S. The van der Waals surface area contributed by atoms with Gasteiger partial charge in [0.15, 0.2) is 0 Å². The summed E-state index contributed by atoms with van der Waals surface area (Å²) in [6.07, 6.45) is 2.01. The Labute approximate surface area is 153 Å². The van der Waals surface area contributed by atoms with Crippen molar-refractivity contribution in [2.75, 3.05) is 11.9 Å². The Hall–Kier alpha value is -2.69. The third kappa shape index (κ3) is 3.77. The topological polar surface area (TPSA) is 90.3 Å². The minimum atomic E-state index is -3.73. The van der Waals surface area contributed by atoms with Crippen LogP contribution in [0.25, 0.3) is 0 Å². The van der Waals surface area contributed by atoms with Crippen molar-refractivity contribution in [1.29, 1.82) is 5.26 Å². The van der Waals surface area contributed by atoms with Gasteiger partial charge in [0.05, 0.1) is 16.5 Å². The predicted octanol–water partition coefficient (Wildman–Crippen LogP) is 2.74. The molecule has 1 N–H and O–H groups in total. The molecule has 6 nitrogen and oxygen atoms in total. The highest BCUT2D eigenvalue weighted by Crippen LogP contribution is 2.26. The molecule has 7 heteroatoms. The highest BCUT2D eigenvalue weighted by molar-refractivity contribution is 7.89. The summed E-state index contributed by atoms with van der Waals surface area (Å²) in [5.41, 5.74) is 1.03. The summed E-state index contributed by atoms with van der Waals surface area (Å²) in [7, 11) is -3.73. The van der Waals surface area contributed by atoms with Crippen molar-refractivity contribution in [3.8, 4) is 6.07 Å². The molecule has 1 amide bonds. The van der Waals surface area contributed by atoms with E-state index in [9.17, 15) is 13.2 Å². The largest absolute Gasteiger partial charge is 0.325 e. The Morgan fingerprint density at radius 1 is 1.08 bits per heavy atom. The highest BCUT2D eigenvalue weighted by atomic mass is 32.2. The highest BCUT2D eigenvalue weighted by Gasteiger charge is 2.37. The van der Waals surface area contributed by atoms with Gasteiger partial charge >= 0.3 is 0 Å². The molecule has 0 radical (unpaired) electrons. The lowest BCUT2D eigenvalue weighted by molar-refractivity contribution is -0.120. The van der Waals surface area contributed by atoms with E-state index in [0.717, 1.165) is 12.8 Å². The maximum Gasteiger partial charge on any atom is 0.243 e. The molecule has 1 saturated heterocycles. The van der Waals surface area contributed by atoms with E-state index >= 15 is 0 Å². The Morgan fingerprint density at radius 3 is 2.42 bits per heavy atom. The molecule has 1 unspecified atom stereocenters. The standard InChI is InChI=1S/C19H19N3O3S/c20-14-15-9-11-16(12-10-15)21-19(23)18-8-4-5-13-22(18)26(24,25)17-6-2-1-3-7-17/h1-3,6-7,9-12,18H,4-5,8,13H2,(H,21,23). The van der Waals surface area contributed by atoms with Gasteiger partial charge in [-0.1, -0.05) is 24.6 Å². The molecule has 1 aliphatic heterocycles. The van der Waals surface area contributed by atoms with Gasteiger partial charge in [-0.2, -0.15) is 9.57 Å². The molecule has 1 fully saturated rings. The summed E-state index contributed by atoms with van der Waals surface area (Å²) in [6.45, 7) is 0.322. The number of benzene rings is 2. The molecule has 2 aromatic carbocycles. The van der Waals surface area contributed by atoms with Crippen molar-refractivity contribution in [2.24, 2.45) is 0 Å². The number of nitriles is 1. The van der Waals surface area contributed by atoms with Crippen LogP contribution < -0.4 is 5.32 Å². The Balaban J connectivity index is 1.82. The number of sulfonamides is 1. The Kier molecular flexibility index (Phi) is 5.35. The third-order valence-electron chi connectivity index (χ3n) is 4.39. The van der Waals surface area contributed by atoms with E-state index in [1.165, 1.54) is 4.31 Å². The molecule has 3 rings (SSSR count). The lowest BCUT2D eigenvalue weighted by Gasteiger charge is -2.33. The summed E-state index contributed by atoms with van der Waals surface area (Å²) in [4.78, 5) is 12.9. The first-order valence-corrected chi connectivity index (χ1v) is 9.84. The van der Waals surface area contributed by atoms with Gasteiger partial charge in [0.1, 0.15) is 6.04 Å². The zero-order valence-electron chi connectivity index (χ0n) is 14.1. The molecular weight excluding hydrogens is 350 g/mol. The monoisotopic (exact) mass is 369 g/mol. The van der Waals surface area contributed by atoms with Crippen molar-refractivity contribution in [2.45, 2.75) is 30.2 Å². The predicted molar refractivity (Wildman–Crippen MR) is 97.8 cm³/mol. The molecule has 1 aliphatic rings. The molecule has 26 heavy (non-hydrogen) atoms. The maximum atomic E-state index is 12.9. The summed E-state index contributed by atoms with van der Waals surface area (Å²) >= 11 is 0. The number of nitrogens with zero attached hydrogens (tertiary/aromatic N) is 2. The van der Waals surface area contributed by atoms with Crippen molar-refractivity contribution >= 4 is 21.6 Å². The number of hydrogen-bond acceptors (Lipinski definition) is 4. The molecule has 2 aromatic rings. The number of hydrogen-bond donors (Lipinski definition) is 1. The summed E-state index contributed by atoms with van der Waals surface area (Å²) in [6, 6.07) is 15.9. The van der Waals surface area contributed by atoms with Crippen LogP contribution in [0.3, 0.4) is 0 Å². The molecule has 1 atom stereocenters. The van der Waals surface area contributed by atoms with Crippen LogP contribution in [0.1, 0.15) is 24.8 Å². The molecule has 134 valence electrons. The Bertz CT molecular complexity index is 919. The average Bonchev–Trinajstić information content (AvgIpc) is 2.69. The Morgan fingerprint density at radius 2 is 1.77 bits per heavy atom. The van der Waals surface area contributed by atoms with E-state index in [1.807, 2.05) is 6.07 Å². The van der Waals surface area contributed by atoms with Crippen LogP contribution in [0.15, 0.2) is 59.5 Å². The summed E-state index contributed by atoms with van der Waals surface area (Å²) in [5.74, 6) is -0.353. The molecule has 0 aliphatic carbocycles. The second kappa shape index (κ2) is 7.68. The molecule has 0 spiro atoms. The second-order valence-electron chi connectivity index (χ2n) is 6.12. The number of carbonyl (C=O) groups is 1. The zero-order chi connectivity index (χ0) is 18.6. The summed E-state index contributed by atoms with van der Waals surface area (Å²) < 4.78 is 27.2. The van der Waals surface area contributed by atoms with Gasteiger partial charge in [-0.05, 0) is 49.2 Å². The minimum Gasteiger partial charge on any atom is -0.325 e. The van der Waals surface area contributed by atoms with Gasteiger partial charge < -0.3 is 5.32 Å². The minimum absolute atomic E-state index is 0.193. The smallest absolute Gasteiger partial charge is 0.243 e. The van der Waals surface area contributed by atoms with Gasteiger partial charge in [0.25, 0.3) is 0 Å². The molecule has 0 saturated carbocycles. The van der Waals surface area contributed by atoms with Crippen LogP contribution >= 0.6 is 0 Å². The first kappa shape index (κ1) is 18.1. The summed E-state index contributed by atoms with van der Waals surface area (Å²) in [5, 5.41) is 11.6. The van der Waals surface area contributed by atoms with Crippen molar-refractivity contribution in [3.05, 3.63) is 60.2 Å². The van der Waals surface area contributed by atoms with Crippen molar-refractivity contribution in [1.82, 2.24) is 4.31 Å². The van der Waals surface area contributed by atoms with Crippen molar-refractivity contribution < 1.29 is 13.2 Å². The van der Waals surface area contributed by atoms with E-state index < -0.39 is 16.1 Å². The zero-order valence-corrected chi connectivity index (χ0v) is 14.9. The van der Waals surface area contributed by atoms with E-state index in [4.69, 9.17) is 5.26 Å². The van der Waals surface area contributed by atoms with Gasteiger partial charge in [0, 0.05) is 12.2 Å². The number of amides is 1. The lowest BCUT2D eigenvalue weighted by atomic mass is 10.0. The molecule has 1 heterocycles. The first-order valence-electron chi connectivity index (χ1n) is 8.40. The number of rotatable bonds is 4. The van der Waals surface area contributed by atoms with Gasteiger partial charge in [-0.25, -0.2) is 8.42 Å². The normalized spacial score (nSPS) is 18.0. The average molecular weight is 369 g/mol. The number of nitrogens with one attached hydrogen (secondary N) is 1. The van der Waals surface area contributed by atoms with Gasteiger partial charge in [0.2, 0.25) is 15.9 Å².